The summed E-state index contributed by atoms with van der Waals surface area (Å²) >= 11 is 0. The van der Waals surface area contributed by atoms with Gasteiger partial charge in [-0.25, -0.2) is 9.78 Å². The maximum Gasteiger partial charge on any atom is 0.410 e. The van der Waals surface area contributed by atoms with Crippen LogP contribution in [0.25, 0.3) is 0 Å². The van der Waals surface area contributed by atoms with Gasteiger partial charge in [0.25, 0.3) is 0 Å². The molecule has 2 heterocycles. The van der Waals surface area contributed by atoms with Gasteiger partial charge in [-0.3, -0.25) is 4.79 Å². The quantitative estimate of drug-likeness (QED) is 0.850. The second-order valence-corrected chi connectivity index (χ2v) is 6.26. The third-order valence-electron chi connectivity index (χ3n) is 4.70. The highest BCUT2D eigenvalue weighted by Crippen LogP contribution is 2.35. The van der Waals surface area contributed by atoms with Crippen molar-refractivity contribution in [1.82, 2.24) is 9.88 Å². The minimum atomic E-state index is -1.29. The van der Waals surface area contributed by atoms with E-state index in [4.69, 9.17) is 4.74 Å². The Kier molecular flexibility index (Phi) is 5.16. The first-order valence-electron chi connectivity index (χ1n) is 8.33. The fourth-order valence-corrected chi connectivity index (χ4v) is 3.14. The Balaban J connectivity index is 1.64. The molecule has 0 radical (unpaired) electrons. The molecule has 2 aromatic rings. The molecule has 0 unspecified atom stereocenters. The number of aliphatic carboxylic acids is 1. The second-order valence-electron chi connectivity index (χ2n) is 6.26. The first-order valence-corrected chi connectivity index (χ1v) is 8.33. The number of carbonyl (C=O) groups excluding carboxylic acids is 1. The van der Waals surface area contributed by atoms with Crippen molar-refractivity contribution in [2.75, 3.05) is 13.1 Å². The van der Waals surface area contributed by atoms with Crippen LogP contribution in [0.1, 0.15) is 24.1 Å². The molecule has 0 bridgehead atoms. The Morgan fingerprint density at radius 3 is 2.42 bits per heavy atom. The van der Waals surface area contributed by atoms with Crippen LogP contribution in [0.5, 0.6) is 0 Å². The average molecular weight is 358 g/mol. The van der Waals surface area contributed by atoms with Crippen molar-refractivity contribution in [3.8, 4) is 0 Å². The van der Waals surface area contributed by atoms with Crippen molar-refractivity contribution in [2.45, 2.75) is 24.9 Å². The van der Waals surface area contributed by atoms with E-state index in [-0.39, 0.29) is 38.2 Å². The van der Waals surface area contributed by atoms with E-state index >= 15 is 0 Å². The van der Waals surface area contributed by atoms with Gasteiger partial charge in [-0.1, -0.05) is 36.4 Å². The summed E-state index contributed by atoms with van der Waals surface area (Å²) in [6.45, 7) is 0.571. The number of amides is 1. The molecule has 1 amide bonds. The SMILES string of the molecule is O=C(OCc1ccccc1)N1CCC(C(=O)O)(c2cccc(F)n2)CC1. The largest absolute Gasteiger partial charge is 0.481 e. The monoisotopic (exact) mass is 358 g/mol. The summed E-state index contributed by atoms with van der Waals surface area (Å²) in [7, 11) is 0. The Morgan fingerprint density at radius 2 is 1.81 bits per heavy atom. The third kappa shape index (κ3) is 3.66. The molecule has 7 heteroatoms. The maximum absolute atomic E-state index is 13.4. The molecule has 1 aromatic carbocycles. The highest BCUT2D eigenvalue weighted by Gasteiger charge is 2.45. The highest BCUT2D eigenvalue weighted by molar-refractivity contribution is 5.81. The van der Waals surface area contributed by atoms with Gasteiger partial charge in [-0.2, -0.15) is 4.39 Å². The predicted octanol–water partition coefficient (Wildman–Crippen LogP) is 2.98. The number of nitrogens with zero attached hydrogens (tertiary/aromatic N) is 2. The fraction of sp³-hybridized carbons (Fsp3) is 0.316. The molecule has 6 nitrogen and oxygen atoms in total. The minimum absolute atomic E-state index is 0.152. The maximum atomic E-state index is 13.4. The number of benzene rings is 1. The molecule has 0 spiro atoms. The summed E-state index contributed by atoms with van der Waals surface area (Å²) in [6, 6.07) is 13.4. The van der Waals surface area contributed by atoms with E-state index in [2.05, 4.69) is 4.98 Å². The second kappa shape index (κ2) is 7.51. The molecule has 1 aliphatic heterocycles. The molecule has 136 valence electrons. The number of hydrogen-bond donors (Lipinski definition) is 1. The molecule has 1 aromatic heterocycles. The number of carboxylic acids is 1. The molecule has 0 atom stereocenters. The molecule has 1 aliphatic rings. The molecular weight excluding hydrogens is 339 g/mol. The van der Waals surface area contributed by atoms with Gasteiger partial charge in [0.05, 0.1) is 5.69 Å². The van der Waals surface area contributed by atoms with Crippen LogP contribution in [0.4, 0.5) is 9.18 Å². The number of likely N-dealkylation sites (tertiary alicyclic amines) is 1. The Morgan fingerprint density at radius 1 is 1.12 bits per heavy atom. The van der Waals surface area contributed by atoms with E-state index in [9.17, 15) is 19.1 Å². The van der Waals surface area contributed by atoms with Gasteiger partial charge in [0, 0.05) is 13.1 Å². The van der Waals surface area contributed by atoms with Crippen LogP contribution in [0.15, 0.2) is 48.5 Å². The number of carbonyl (C=O) groups is 2. The standard InChI is InChI=1S/C19H19FN2O4/c20-16-8-4-7-15(21-16)19(17(23)24)9-11-22(12-10-19)18(25)26-13-14-5-2-1-3-6-14/h1-8H,9-13H2,(H,23,24). The molecule has 3 rings (SSSR count). The Hall–Kier alpha value is -2.96. The smallest absolute Gasteiger partial charge is 0.410 e. The average Bonchev–Trinajstić information content (AvgIpc) is 2.67. The van der Waals surface area contributed by atoms with Crippen LogP contribution in [0.2, 0.25) is 0 Å². The Bertz CT molecular complexity index is 789. The highest BCUT2D eigenvalue weighted by atomic mass is 19.1. The van der Waals surface area contributed by atoms with Crippen LogP contribution in [0.3, 0.4) is 0 Å². The lowest BCUT2D eigenvalue weighted by molar-refractivity contribution is -0.146. The molecule has 1 saturated heterocycles. The number of pyridine rings is 1. The van der Waals surface area contributed by atoms with Crippen molar-refractivity contribution >= 4 is 12.1 Å². The van der Waals surface area contributed by atoms with Crippen LogP contribution in [-0.2, 0) is 21.6 Å². The number of hydrogen-bond acceptors (Lipinski definition) is 4. The van der Waals surface area contributed by atoms with Gasteiger partial charge < -0.3 is 14.7 Å². The summed E-state index contributed by atoms with van der Waals surface area (Å²) in [6.07, 6.45) is -0.182. The molecule has 0 saturated carbocycles. The normalized spacial score (nSPS) is 16.1. The van der Waals surface area contributed by atoms with Gasteiger partial charge in [0.15, 0.2) is 0 Å². The van der Waals surface area contributed by atoms with Crippen LogP contribution < -0.4 is 0 Å². The lowest BCUT2D eigenvalue weighted by Gasteiger charge is -2.37. The first kappa shape index (κ1) is 17.8. The van der Waals surface area contributed by atoms with E-state index in [0.717, 1.165) is 5.56 Å². The van der Waals surface area contributed by atoms with Gasteiger partial charge in [-0.05, 0) is 30.5 Å². The van der Waals surface area contributed by atoms with Gasteiger partial charge in [0.1, 0.15) is 12.0 Å². The molecule has 1 N–H and O–H groups in total. The summed E-state index contributed by atoms with van der Waals surface area (Å²) in [5.41, 5.74) is -0.234. The minimum Gasteiger partial charge on any atom is -0.481 e. The molecule has 1 fully saturated rings. The van der Waals surface area contributed by atoms with Crippen LogP contribution in [0, 0.1) is 5.95 Å². The summed E-state index contributed by atoms with van der Waals surface area (Å²) < 4.78 is 18.7. The number of halogens is 1. The van der Waals surface area contributed by atoms with E-state index in [0.29, 0.717) is 0 Å². The number of aromatic nitrogens is 1. The van der Waals surface area contributed by atoms with Crippen molar-refractivity contribution in [2.24, 2.45) is 0 Å². The Labute approximate surface area is 150 Å². The lowest BCUT2D eigenvalue weighted by Crippen LogP contribution is -2.49. The summed E-state index contributed by atoms with van der Waals surface area (Å²) in [5, 5.41) is 9.71. The van der Waals surface area contributed by atoms with Gasteiger partial charge in [-0.15, -0.1) is 0 Å². The fourth-order valence-electron chi connectivity index (χ4n) is 3.14. The molecule has 26 heavy (non-hydrogen) atoms. The number of rotatable bonds is 4. The zero-order valence-electron chi connectivity index (χ0n) is 14.1. The zero-order valence-corrected chi connectivity index (χ0v) is 14.1. The van der Waals surface area contributed by atoms with E-state index < -0.39 is 23.4 Å². The lowest BCUT2D eigenvalue weighted by atomic mass is 9.75. The van der Waals surface area contributed by atoms with Gasteiger partial charge in [0.2, 0.25) is 5.95 Å². The zero-order chi connectivity index (χ0) is 18.6. The van der Waals surface area contributed by atoms with Crippen molar-refractivity contribution in [3.63, 3.8) is 0 Å². The number of carboxylic acid groups (broad SMARTS) is 1. The number of piperidine rings is 1. The van der Waals surface area contributed by atoms with Crippen molar-refractivity contribution < 1.29 is 23.8 Å². The predicted molar refractivity (Wildman–Crippen MR) is 90.9 cm³/mol. The van der Waals surface area contributed by atoms with Crippen molar-refractivity contribution in [1.29, 1.82) is 0 Å². The van der Waals surface area contributed by atoms with Crippen LogP contribution >= 0.6 is 0 Å². The van der Waals surface area contributed by atoms with E-state index in [1.165, 1.54) is 23.1 Å². The summed E-state index contributed by atoms with van der Waals surface area (Å²) in [5.74, 6) is -1.78. The molecule has 0 aliphatic carbocycles. The van der Waals surface area contributed by atoms with E-state index in [1.54, 1.807) is 0 Å². The summed E-state index contributed by atoms with van der Waals surface area (Å²) in [4.78, 5) is 29.3. The third-order valence-corrected chi connectivity index (χ3v) is 4.70. The van der Waals surface area contributed by atoms with Gasteiger partial charge >= 0.3 is 12.1 Å². The van der Waals surface area contributed by atoms with Crippen LogP contribution in [-0.4, -0.2) is 40.1 Å². The number of ether oxygens (including phenoxy) is 1. The van der Waals surface area contributed by atoms with Crippen molar-refractivity contribution in [3.05, 3.63) is 65.7 Å². The van der Waals surface area contributed by atoms with E-state index in [1.807, 2.05) is 30.3 Å². The topological polar surface area (TPSA) is 79.7 Å². The first-order chi connectivity index (χ1) is 12.5. The molecular formula is C19H19FN2O4.